The van der Waals surface area contributed by atoms with Crippen LogP contribution in [-0.2, 0) is 14.0 Å². The van der Waals surface area contributed by atoms with E-state index in [1.54, 1.807) is 6.92 Å². The third-order valence-corrected chi connectivity index (χ3v) is 4.56. The second-order valence-electron chi connectivity index (χ2n) is 6.65. The Hall–Kier alpha value is -1.86. The number of ether oxygens (including phenoxy) is 1. The van der Waals surface area contributed by atoms with Crippen molar-refractivity contribution in [2.45, 2.75) is 45.8 Å². The van der Waals surface area contributed by atoms with E-state index in [0.717, 1.165) is 5.46 Å². The van der Waals surface area contributed by atoms with Crippen LogP contribution in [0.2, 0.25) is 0 Å². The molecule has 0 spiro atoms. The van der Waals surface area contributed by atoms with E-state index in [1.807, 2.05) is 45.9 Å². The topological polar surface area (TPSA) is 62.6 Å². The van der Waals surface area contributed by atoms with Crippen LogP contribution in [0.15, 0.2) is 24.5 Å². The number of hydrogen-bond acceptors (Lipinski definition) is 5. The minimum Gasteiger partial charge on any atom is -0.449 e. The number of carbonyl (C=O) groups excluding carboxylic acids is 1. The first-order valence-corrected chi connectivity index (χ1v) is 7.75. The summed E-state index contributed by atoms with van der Waals surface area (Å²) in [5, 5.41) is 0. The van der Waals surface area contributed by atoms with Crippen LogP contribution in [0.1, 0.15) is 34.6 Å². The number of fused-ring (bicyclic) bond motifs is 1. The van der Waals surface area contributed by atoms with Gasteiger partial charge in [-0.25, -0.2) is 14.3 Å². The summed E-state index contributed by atoms with van der Waals surface area (Å²) in [5.41, 5.74) is 1.49. The standard InChI is InChI=1S/C16H21BN2O4/c1-6-21-14(20)19-10-18-12-9-11(7-8-13(12)19)17-22-15(2,3)16(4,5)23-17/h7-10H,6H2,1-5H3. The van der Waals surface area contributed by atoms with E-state index in [0.29, 0.717) is 17.6 Å². The molecular formula is C16H21BN2O4. The molecule has 1 aliphatic rings. The van der Waals surface area contributed by atoms with Crippen molar-refractivity contribution >= 4 is 29.7 Å². The molecule has 0 N–H and O–H groups in total. The first kappa shape index (κ1) is 16.0. The zero-order chi connectivity index (χ0) is 16.8. The molecule has 0 amide bonds. The highest BCUT2D eigenvalue weighted by Gasteiger charge is 2.51. The number of hydrogen-bond donors (Lipinski definition) is 0. The van der Waals surface area contributed by atoms with E-state index < -0.39 is 24.4 Å². The van der Waals surface area contributed by atoms with Gasteiger partial charge >= 0.3 is 13.2 Å². The maximum atomic E-state index is 11.9. The lowest BCUT2D eigenvalue weighted by Gasteiger charge is -2.32. The van der Waals surface area contributed by atoms with Crippen LogP contribution >= 0.6 is 0 Å². The maximum absolute atomic E-state index is 11.9. The van der Waals surface area contributed by atoms with Gasteiger partial charge in [-0.2, -0.15) is 0 Å². The van der Waals surface area contributed by atoms with Crippen LogP contribution in [-0.4, -0.2) is 40.6 Å². The Bertz CT molecular complexity index is 738. The van der Waals surface area contributed by atoms with Gasteiger partial charge in [0, 0.05) is 0 Å². The molecule has 0 atom stereocenters. The number of benzene rings is 1. The minimum absolute atomic E-state index is 0.324. The molecule has 3 rings (SSSR count). The van der Waals surface area contributed by atoms with Crippen molar-refractivity contribution in [2.24, 2.45) is 0 Å². The van der Waals surface area contributed by atoms with Gasteiger partial charge in [-0.15, -0.1) is 0 Å². The molecule has 0 saturated carbocycles. The fraction of sp³-hybridized carbons (Fsp3) is 0.500. The molecule has 1 fully saturated rings. The van der Waals surface area contributed by atoms with Gasteiger partial charge in [0.15, 0.2) is 0 Å². The van der Waals surface area contributed by atoms with Gasteiger partial charge in [-0.1, -0.05) is 6.07 Å². The lowest BCUT2D eigenvalue weighted by atomic mass is 9.79. The molecule has 23 heavy (non-hydrogen) atoms. The minimum atomic E-state index is -0.447. The fourth-order valence-electron chi connectivity index (χ4n) is 2.49. The predicted molar refractivity (Wildman–Crippen MR) is 87.9 cm³/mol. The summed E-state index contributed by atoms with van der Waals surface area (Å²) in [4.78, 5) is 16.2. The molecule has 0 unspecified atom stereocenters. The molecule has 2 aromatic rings. The number of imidazole rings is 1. The number of aromatic nitrogens is 2. The molecular weight excluding hydrogens is 295 g/mol. The van der Waals surface area contributed by atoms with Gasteiger partial charge in [-0.05, 0) is 52.2 Å². The Labute approximate surface area is 135 Å². The molecule has 1 saturated heterocycles. The quantitative estimate of drug-likeness (QED) is 0.796. The van der Waals surface area contributed by atoms with Gasteiger partial charge in [-0.3, -0.25) is 0 Å². The molecule has 1 aliphatic heterocycles. The van der Waals surface area contributed by atoms with Crippen molar-refractivity contribution in [2.75, 3.05) is 6.61 Å². The molecule has 0 bridgehead atoms. The Morgan fingerprint density at radius 3 is 2.52 bits per heavy atom. The zero-order valence-corrected chi connectivity index (χ0v) is 14.1. The predicted octanol–water partition coefficient (Wildman–Crippen LogP) is 2.34. The third-order valence-electron chi connectivity index (χ3n) is 4.56. The molecule has 122 valence electrons. The molecule has 0 radical (unpaired) electrons. The van der Waals surface area contributed by atoms with Gasteiger partial charge in [0.25, 0.3) is 0 Å². The number of carbonyl (C=O) groups is 1. The molecule has 2 heterocycles. The highest BCUT2D eigenvalue weighted by molar-refractivity contribution is 6.62. The first-order valence-electron chi connectivity index (χ1n) is 7.75. The van der Waals surface area contributed by atoms with Crippen LogP contribution < -0.4 is 5.46 Å². The monoisotopic (exact) mass is 316 g/mol. The fourth-order valence-corrected chi connectivity index (χ4v) is 2.49. The second kappa shape index (κ2) is 5.35. The van der Waals surface area contributed by atoms with Crippen molar-refractivity contribution < 1.29 is 18.8 Å². The largest absolute Gasteiger partial charge is 0.494 e. The van der Waals surface area contributed by atoms with E-state index in [-0.39, 0.29) is 0 Å². The number of nitrogens with zero attached hydrogens (tertiary/aromatic N) is 2. The third kappa shape index (κ3) is 2.64. The van der Waals surface area contributed by atoms with Crippen molar-refractivity contribution in [1.82, 2.24) is 9.55 Å². The van der Waals surface area contributed by atoms with Crippen LogP contribution in [0.5, 0.6) is 0 Å². The normalized spacial score (nSPS) is 19.3. The lowest BCUT2D eigenvalue weighted by molar-refractivity contribution is 0.00578. The zero-order valence-electron chi connectivity index (χ0n) is 14.1. The second-order valence-corrected chi connectivity index (χ2v) is 6.65. The Balaban J connectivity index is 1.92. The molecule has 6 nitrogen and oxygen atoms in total. The Morgan fingerprint density at radius 1 is 1.26 bits per heavy atom. The summed E-state index contributed by atoms with van der Waals surface area (Å²) in [7, 11) is -0.447. The van der Waals surface area contributed by atoms with E-state index >= 15 is 0 Å². The molecule has 7 heteroatoms. The summed E-state index contributed by atoms with van der Waals surface area (Å²) >= 11 is 0. The smallest absolute Gasteiger partial charge is 0.449 e. The van der Waals surface area contributed by atoms with Gasteiger partial charge in [0.05, 0.1) is 28.8 Å². The summed E-state index contributed by atoms with van der Waals surface area (Å²) in [5.74, 6) is 0. The van der Waals surface area contributed by atoms with E-state index in [1.165, 1.54) is 10.9 Å². The summed E-state index contributed by atoms with van der Waals surface area (Å²) in [6, 6.07) is 5.61. The lowest BCUT2D eigenvalue weighted by Crippen LogP contribution is -2.41. The number of rotatable bonds is 2. The Kier molecular flexibility index (Phi) is 3.73. The highest BCUT2D eigenvalue weighted by atomic mass is 16.7. The van der Waals surface area contributed by atoms with Crippen molar-refractivity contribution in [3.63, 3.8) is 0 Å². The van der Waals surface area contributed by atoms with Crippen molar-refractivity contribution in [3.8, 4) is 0 Å². The first-order chi connectivity index (χ1) is 10.7. The maximum Gasteiger partial charge on any atom is 0.494 e. The molecule has 1 aromatic carbocycles. The molecule has 1 aromatic heterocycles. The van der Waals surface area contributed by atoms with Gasteiger partial charge < -0.3 is 14.0 Å². The van der Waals surface area contributed by atoms with Gasteiger partial charge in [0.1, 0.15) is 6.33 Å². The van der Waals surface area contributed by atoms with Crippen LogP contribution in [0.3, 0.4) is 0 Å². The van der Waals surface area contributed by atoms with Gasteiger partial charge in [0.2, 0.25) is 0 Å². The van der Waals surface area contributed by atoms with E-state index in [2.05, 4.69) is 4.98 Å². The Morgan fingerprint density at radius 2 is 1.91 bits per heavy atom. The average Bonchev–Trinajstić information content (AvgIpc) is 2.97. The SMILES string of the molecule is CCOC(=O)n1cnc2cc(B3OC(C)(C)C(C)(C)O3)ccc21. The average molecular weight is 316 g/mol. The van der Waals surface area contributed by atoms with Crippen LogP contribution in [0.25, 0.3) is 11.0 Å². The van der Waals surface area contributed by atoms with Crippen molar-refractivity contribution in [1.29, 1.82) is 0 Å². The van der Waals surface area contributed by atoms with E-state index in [4.69, 9.17) is 14.0 Å². The van der Waals surface area contributed by atoms with Crippen LogP contribution in [0.4, 0.5) is 4.79 Å². The summed E-state index contributed by atoms with van der Waals surface area (Å²) in [6.45, 7) is 10.2. The highest BCUT2D eigenvalue weighted by Crippen LogP contribution is 2.36. The summed E-state index contributed by atoms with van der Waals surface area (Å²) < 4.78 is 18.5. The molecule has 0 aliphatic carbocycles. The summed E-state index contributed by atoms with van der Waals surface area (Å²) in [6.07, 6.45) is 1.04. The van der Waals surface area contributed by atoms with E-state index in [9.17, 15) is 4.79 Å². The van der Waals surface area contributed by atoms with Crippen molar-refractivity contribution in [3.05, 3.63) is 24.5 Å². The van der Waals surface area contributed by atoms with Crippen LogP contribution in [0, 0.1) is 0 Å².